The van der Waals surface area contributed by atoms with Crippen LogP contribution in [0.4, 0.5) is 5.69 Å². The first-order valence-electron chi connectivity index (χ1n) is 7.50. The van der Waals surface area contributed by atoms with E-state index in [1.165, 1.54) is 0 Å². The zero-order valence-corrected chi connectivity index (χ0v) is 15.1. The number of halogens is 1. The second-order valence-corrected chi connectivity index (χ2v) is 6.21. The molecular formula is C18H19BrN3O2+. The summed E-state index contributed by atoms with van der Waals surface area (Å²) in [6, 6.07) is 14.9. The van der Waals surface area contributed by atoms with Gasteiger partial charge in [0.25, 0.3) is 5.91 Å². The van der Waals surface area contributed by atoms with Gasteiger partial charge < -0.3 is 15.4 Å². The van der Waals surface area contributed by atoms with Crippen LogP contribution in [0.15, 0.2) is 46.9 Å². The van der Waals surface area contributed by atoms with Gasteiger partial charge in [-0.05, 0) is 65.3 Å². The summed E-state index contributed by atoms with van der Waals surface area (Å²) in [5.41, 5.74) is 2.36. The molecule has 1 atom stereocenters. The fourth-order valence-electron chi connectivity index (χ4n) is 2.23. The Morgan fingerprint density at radius 3 is 2.62 bits per heavy atom. The minimum absolute atomic E-state index is 0.0841. The number of benzene rings is 2. The summed E-state index contributed by atoms with van der Waals surface area (Å²) in [6.07, 6.45) is 0. The topological polar surface area (TPSA) is 78.7 Å². The number of methoxy groups -OCH3 is 1. The third-order valence-electron chi connectivity index (χ3n) is 3.66. The van der Waals surface area contributed by atoms with Gasteiger partial charge in [-0.1, -0.05) is 0 Å². The lowest BCUT2D eigenvalue weighted by Crippen LogP contribution is -2.86. The zero-order valence-electron chi connectivity index (χ0n) is 13.5. The third kappa shape index (κ3) is 4.82. The molecule has 0 aliphatic heterocycles. The summed E-state index contributed by atoms with van der Waals surface area (Å²) in [7, 11) is 1.63. The average molecular weight is 389 g/mol. The largest absolute Gasteiger partial charge is 0.496 e. The Morgan fingerprint density at radius 1 is 1.33 bits per heavy atom. The molecule has 0 bridgehead atoms. The zero-order chi connectivity index (χ0) is 17.5. The number of nitrogens with one attached hydrogen (secondary N) is 1. The first-order valence-corrected chi connectivity index (χ1v) is 8.29. The van der Waals surface area contributed by atoms with Crippen LogP contribution in [-0.4, -0.2) is 19.6 Å². The Labute approximate surface area is 149 Å². The number of nitrogens with zero attached hydrogens (tertiary/aromatic N) is 1. The van der Waals surface area contributed by atoms with Crippen molar-refractivity contribution in [3.63, 3.8) is 0 Å². The highest BCUT2D eigenvalue weighted by Gasteiger charge is 2.13. The van der Waals surface area contributed by atoms with Gasteiger partial charge in [0.15, 0.2) is 6.54 Å². The van der Waals surface area contributed by atoms with Crippen molar-refractivity contribution in [2.45, 2.75) is 13.0 Å². The van der Waals surface area contributed by atoms with Gasteiger partial charge >= 0.3 is 0 Å². The number of amides is 1. The number of anilines is 1. The standard InChI is InChI=1S/C18H18BrN3O2/c1-12(14-5-8-17(24-2)16(19)9-14)21-11-18(23)22-15-6-3-13(10-20)4-7-15/h3-9,12,21H,11H2,1-2H3,(H,22,23)/p+1/t12-/m0/s1. The van der Waals surface area contributed by atoms with Crippen LogP contribution in [0.1, 0.15) is 24.1 Å². The Kier molecular flexibility index (Phi) is 6.36. The summed E-state index contributed by atoms with van der Waals surface area (Å²) in [5.74, 6) is 0.698. The van der Waals surface area contributed by atoms with E-state index < -0.39 is 0 Å². The number of quaternary nitrogens is 1. The Morgan fingerprint density at radius 2 is 2.04 bits per heavy atom. The Bertz CT molecular complexity index is 754. The number of hydrogen-bond acceptors (Lipinski definition) is 3. The first kappa shape index (κ1) is 18.0. The summed E-state index contributed by atoms with van der Waals surface area (Å²) in [6.45, 7) is 2.36. The van der Waals surface area contributed by atoms with Crippen molar-refractivity contribution in [3.05, 3.63) is 58.1 Å². The van der Waals surface area contributed by atoms with Gasteiger partial charge in [-0.15, -0.1) is 0 Å². The lowest BCUT2D eigenvalue weighted by molar-refractivity contribution is -0.682. The van der Waals surface area contributed by atoms with Crippen molar-refractivity contribution in [1.82, 2.24) is 0 Å². The van der Waals surface area contributed by atoms with Crippen molar-refractivity contribution < 1.29 is 14.8 Å². The maximum atomic E-state index is 12.0. The summed E-state index contributed by atoms with van der Waals surface area (Å²) < 4.78 is 6.11. The van der Waals surface area contributed by atoms with E-state index in [1.54, 1.807) is 31.4 Å². The van der Waals surface area contributed by atoms with Crippen LogP contribution in [0.25, 0.3) is 0 Å². The van der Waals surface area contributed by atoms with E-state index in [1.807, 2.05) is 36.5 Å². The maximum Gasteiger partial charge on any atom is 0.279 e. The number of nitrogens with two attached hydrogens (primary N) is 1. The van der Waals surface area contributed by atoms with E-state index in [0.717, 1.165) is 15.8 Å². The van der Waals surface area contributed by atoms with E-state index in [4.69, 9.17) is 10.00 Å². The van der Waals surface area contributed by atoms with Crippen molar-refractivity contribution in [1.29, 1.82) is 5.26 Å². The number of carbonyl (C=O) groups is 1. The number of carbonyl (C=O) groups excluding carboxylic acids is 1. The van der Waals surface area contributed by atoms with Gasteiger partial charge in [0.1, 0.15) is 11.8 Å². The van der Waals surface area contributed by atoms with Gasteiger partial charge in [0.05, 0.1) is 23.2 Å². The molecule has 0 unspecified atom stereocenters. The lowest BCUT2D eigenvalue weighted by atomic mass is 10.1. The van der Waals surface area contributed by atoms with E-state index in [9.17, 15) is 4.79 Å². The van der Waals surface area contributed by atoms with Gasteiger partial charge in [-0.3, -0.25) is 4.79 Å². The van der Waals surface area contributed by atoms with Crippen LogP contribution in [0, 0.1) is 11.3 Å². The fraction of sp³-hybridized carbons (Fsp3) is 0.222. The average Bonchev–Trinajstić information content (AvgIpc) is 2.60. The molecule has 3 N–H and O–H groups in total. The van der Waals surface area contributed by atoms with E-state index in [0.29, 0.717) is 17.8 Å². The van der Waals surface area contributed by atoms with E-state index in [2.05, 4.69) is 21.2 Å². The first-order chi connectivity index (χ1) is 11.5. The summed E-state index contributed by atoms with van der Waals surface area (Å²) in [4.78, 5) is 12.0. The molecule has 0 saturated carbocycles. The molecule has 5 nitrogen and oxygen atoms in total. The van der Waals surface area contributed by atoms with Crippen molar-refractivity contribution in [2.75, 3.05) is 19.0 Å². The molecule has 2 aromatic carbocycles. The number of ether oxygens (including phenoxy) is 1. The summed E-state index contributed by atoms with van der Waals surface area (Å²) >= 11 is 3.47. The van der Waals surface area contributed by atoms with Crippen molar-refractivity contribution in [3.8, 4) is 11.8 Å². The molecule has 0 spiro atoms. The molecule has 124 valence electrons. The smallest absolute Gasteiger partial charge is 0.279 e. The maximum absolute atomic E-state index is 12.0. The fourth-order valence-corrected chi connectivity index (χ4v) is 2.78. The molecule has 0 heterocycles. The minimum Gasteiger partial charge on any atom is -0.496 e. The van der Waals surface area contributed by atoms with Crippen LogP contribution < -0.4 is 15.4 Å². The van der Waals surface area contributed by atoms with E-state index in [-0.39, 0.29) is 11.9 Å². The highest BCUT2D eigenvalue weighted by molar-refractivity contribution is 9.10. The van der Waals surface area contributed by atoms with Crippen LogP contribution in [-0.2, 0) is 4.79 Å². The molecule has 6 heteroatoms. The van der Waals surface area contributed by atoms with Gasteiger partial charge in [-0.25, -0.2) is 0 Å². The Hall–Kier alpha value is -2.36. The van der Waals surface area contributed by atoms with Crippen LogP contribution >= 0.6 is 15.9 Å². The molecule has 0 fully saturated rings. The predicted octanol–water partition coefficient (Wildman–Crippen LogP) is 2.59. The third-order valence-corrected chi connectivity index (χ3v) is 4.28. The van der Waals surface area contributed by atoms with Gasteiger partial charge in [0, 0.05) is 11.3 Å². The molecule has 2 rings (SSSR count). The van der Waals surface area contributed by atoms with Crippen molar-refractivity contribution >= 4 is 27.5 Å². The molecule has 0 saturated heterocycles. The van der Waals surface area contributed by atoms with Crippen LogP contribution in [0.3, 0.4) is 0 Å². The van der Waals surface area contributed by atoms with Crippen LogP contribution in [0.2, 0.25) is 0 Å². The summed E-state index contributed by atoms with van der Waals surface area (Å²) in [5, 5.41) is 13.5. The quantitative estimate of drug-likeness (QED) is 0.797. The molecule has 0 aromatic heterocycles. The van der Waals surface area contributed by atoms with E-state index >= 15 is 0 Å². The highest BCUT2D eigenvalue weighted by Crippen LogP contribution is 2.27. The van der Waals surface area contributed by atoms with Gasteiger partial charge in [0.2, 0.25) is 0 Å². The number of nitriles is 1. The van der Waals surface area contributed by atoms with Crippen LogP contribution in [0.5, 0.6) is 5.75 Å². The highest BCUT2D eigenvalue weighted by atomic mass is 79.9. The molecule has 0 aliphatic carbocycles. The molecule has 2 aromatic rings. The second kappa shape index (κ2) is 8.48. The molecule has 24 heavy (non-hydrogen) atoms. The van der Waals surface area contributed by atoms with Crippen molar-refractivity contribution in [2.24, 2.45) is 0 Å². The molecular weight excluding hydrogens is 370 g/mol. The predicted molar refractivity (Wildman–Crippen MR) is 95.7 cm³/mol. The normalized spacial score (nSPS) is 11.4. The Balaban J connectivity index is 1.88. The number of hydrogen-bond donors (Lipinski definition) is 2. The molecule has 1 amide bonds. The second-order valence-electron chi connectivity index (χ2n) is 5.36. The minimum atomic E-state index is -0.0841. The number of rotatable bonds is 6. The SMILES string of the molecule is COc1ccc([C@H](C)[NH2+]CC(=O)Nc2ccc(C#N)cc2)cc1Br. The monoisotopic (exact) mass is 388 g/mol. The molecule has 0 aliphatic rings. The lowest BCUT2D eigenvalue weighted by Gasteiger charge is -2.13. The molecule has 0 radical (unpaired) electrons. The van der Waals surface area contributed by atoms with Gasteiger partial charge in [-0.2, -0.15) is 5.26 Å².